The molecule has 4 rings (SSSR count). The number of anilines is 2. The van der Waals surface area contributed by atoms with Crippen LogP contribution in [0.3, 0.4) is 0 Å². The summed E-state index contributed by atoms with van der Waals surface area (Å²) in [5.74, 6) is 0.244. The van der Waals surface area contributed by atoms with Crippen molar-refractivity contribution in [1.29, 1.82) is 0 Å². The molecule has 0 fully saturated rings. The van der Waals surface area contributed by atoms with Crippen LogP contribution < -0.4 is 15.2 Å². The Labute approximate surface area is 192 Å². The second-order valence-corrected chi connectivity index (χ2v) is 8.62. The molecule has 2 aromatic carbocycles. The lowest BCUT2D eigenvalue weighted by Crippen LogP contribution is -2.15. The fourth-order valence-electron chi connectivity index (χ4n) is 3.19. The summed E-state index contributed by atoms with van der Waals surface area (Å²) in [5.41, 5.74) is 0.358. The van der Waals surface area contributed by atoms with E-state index in [2.05, 4.69) is 20.3 Å². The van der Waals surface area contributed by atoms with Crippen LogP contribution in [0.25, 0.3) is 22.3 Å². The number of sulfonamides is 1. The minimum Gasteiger partial charge on any atom is -0.481 e. The average Bonchev–Trinajstić information content (AvgIpc) is 2.77. The Bertz CT molecular complexity index is 1510. The first kappa shape index (κ1) is 22.3. The van der Waals surface area contributed by atoms with Crippen molar-refractivity contribution in [2.45, 2.75) is 4.90 Å². The minimum absolute atomic E-state index is 0.0391. The van der Waals surface area contributed by atoms with Crippen molar-refractivity contribution >= 4 is 49.9 Å². The van der Waals surface area contributed by atoms with Crippen LogP contribution in [0.5, 0.6) is 5.88 Å². The Morgan fingerprint density at radius 3 is 2.39 bits per heavy atom. The maximum atomic E-state index is 12.3. The molecule has 2 aromatic heterocycles. The lowest BCUT2D eigenvalue weighted by atomic mass is 10.1. The average molecular weight is 487 g/mol. The van der Waals surface area contributed by atoms with E-state index in [1.54, 1.807) is 24.3 Å². The zero-order chi connectivity index (χ0) is 23.8. The first-order valence-electron chi connectivity index (χ1n) is 9.23. The SMILES string of the molecule is COc1cc(Nc2nc3ccccc3nc2-c2c([N+](=O)[O-])cccc2S(N)(=O)=O)cc(Cl)n1. The van der Waals surface area contributed by atoms with E-state index >= 15 is 0 Å². The number of pyridine rings is 1. The lowest BCUT2D eigenvalue weighted by Gasteiger charge is -2.15. The number of nitrogens with one attached hydrogen (secondary N) is 1. The van der Waals surface area contributed by atoms with Gasteiger partial charge in [-0.25, -0.2) is 28.5 Å². The van der Waals surface area contributed by atoms with Gasteiger partial charge in [0.05, 0.1) is 28.0 Å². The summed E-state index contributed by atoms with van der Waals surface area (Å²) in [6.45, 7) is 0. The number of rotatable bonds is 6. The summed E-state index contributed by atoms with van der Waals surface area (Å²) in [6, 6.07) is 13.4. The van der Waals surface area contributed by atoms with E-state index in [0.29, 0.717) is 16.7 Å². The lowest BCUT2D eigenvalue weighted by molar-refractivity contribution is -0.384. The topological polar surface area (TPSA) is 163 Å². The van der Waals surface area contributed by atoms with Gasteiger partial charge >= 0.3 is 0 Å². The normalized spacial score (nSPS) is 11.4. The van der Waals surface area contributed by atoms with Crippen molar-refractivity contribution < 1.29 is 18.1 Å². The van der Waals surface area contributed by atoms with Crippen molar-refractivity contribution in [3.05, 3.63) is 69.9 Å². The summed E-state index contributed by atoms with van der Waals surface area (Å²) in [6.07, 6.45) is 0. The van der Waals surface area contributed by atoms with Gasteiger partial charge in [0, 0.05) is 17.8 Å². The van der Waals surface area contributed by atoms with Crippen molar-refractivity contribution in [1.82, 2.24) is 15.0 Å². The van der Waals surface area contributed by atoms with E-state index in [1.807, 2.05) is 0 Å². The molecule has 0 saturated carbocycles. The highest BCUT2D eigenvalue weighted by molar-refractivity contribution is 7.89. The summed E-state index contributed by atoms with van der Waals surface area (Å²) < 4.78 is 29.7. The number of nitro benzene ring substituents is 1. The number of methoxy groups -OCH3 is 1. The first-order chi connectivity index (χ1) is 15.7. The molecule has 0 atom stereocenters. The molecule has 0 radical (unpaired) electrons. The number of nitro groups is 1. The second-order valence-electron chi connectivity index (χ2n) is 6.71. The van der Waals surface area contributed by atoms with E-state index < -0.39 is 25.5 Å². The third-order valence-corrected chi connectivity index (χ3v) is 5.70. The highest BCUT2D eigenvalue weighted by atomic mass is 35.5. The van der Waals surface area contributed by atoms with Crippen molar-refractivity contribution in [2.75, 3.05) is 12.4 Å². The van der Waals surface area contributed by atoms with Crippen molar-refractivity contribution in [3.63, 3.8) is 0 Å². The highest BCUT2D eigenvalue weighted by Crippen LogP contribution is 2.39. The molecule has 0 aliphatic carbocycles. The smallest absolute Gasteiger partial charge is 0.280 e. The molecule has 168 valence electrons. The molecule has 0 saturated heterocycles. The molecule has 0 spiro atoms. The van der Waals surface area contributed by atoms with Crippen LogP contribution in [0.1, 0.15) is 0 Å². The molecule has 3 N–H and O–H groups in total. The van der Waals surface area contributed by atoms with E-state index in [1.165, 1.54) is 31.4 Å². The Hall–Kier alpha value is -3.87. The van der Waals surface area contributed by atoms with Crippen LogP contribution >= 0.6 is 11.6 Å². The highest BCUT2D eigenvalue weighted by Gasteiger charge is 2.29. The quantitative estimate of drug-likeness (QED) is 0.235. The number of primary sulfonamides is 1. The van der Waals surface area contributed by atoms with Gasteiger partial charge in [-0.05, 0) is 24.3 Å². The Morgan fingerprint density at radius 1 is 1.06 bits per heavy atom. The number of hydrogen-bond acceptors (Lipinski definition) is 9. The summed E-state index contributed by atoms with van der Waals surface area (Å²) >= 11 is 6.05. The molecule has 4 aromatic rings. The van der Waals surface area contributed by atoms with E-state index in [9.17, 15) is 18.5 Å². The van der Waals surface area contributed by atoms with Gasteiger partial charge in [0.15, 0.2) is 5.82 Å². The molecular weight excluding hydrogens is 472 g/mol. The summed E-state index contributed by atoms with van der Waals surface area (Å²) in [5, 5.41) is 20.3. The van der Waals surface area contributed by atoms with E-state index in [0.717, 1.165) is 6.07 Å². The van der Waals surface area contributed by atoms with E-state index in [4.69, 9.17) is 21.5 Å². The van der Waals surface area contributed by atoms with Crippen LogP contribution in [0, 0.1) is 10.1 Å². The minimum atomic E-state index is -4.35. The fraction of sp³-hybridized carbons (Fsp3) is 0.0500. The molecule has 0 aliphatic heterocycles. The number of aromatic nitrogens is 3. The molecule has 0 amide bonds. The zero-order valence-electron chi connectivity index (χ0n) is 16.9. The molecule has 2 heterocycles. The zero-order valence-corrected chi connectivity index (χ0v) is 18.5. The molecule has 11 nitrogen and oxygen atoms in total. The number of para-hydroxylation sites is 2. The predicted molar refractivity (Wildman–Crippen MR) is 122 cm³/mol. The third kappa shape index (κ3) is 4.53. The Morgan fingerprint density at radius 2 is 1.76 bits per heavy atom. The number of nitrogens with two attached hydrogens (primary N) is 1. The summed E-state index contributed by atoms with van der Waals surface area (Å²) in [4.78, 5) is 23.6. The maximum absolute atomic E-state index is 12.3. The van der Waals surface area contributed by atoms with Gasteiger partial charge in [-0.2, -0.15) is 0 Å². The van der Waals surface area contributed by atoms with Gasteiger partial charge in [-0.3, -0.25) is 10.1 Å². The molecule has 0 unspecified atom stereocenters. The van der Waals surface area contributed by atoms with Crippen LogP contribution in [0.15, 0.2) is 59.5 Å². The number of benzene rings is 2. The first-order valence-corrected chi connectivity index (χ1v) is 11.2. The van der Waals surface area contributed by atoms with Crippen molar-refractivity contribution in [3.8, 4) is 17.1 Å². The number of halogens is 1. The Kier molecular flexibility index (Phi) is 5.80. The number of fused-ring (bicyclic) bond motifs is 1. The number of nitrogens with zero attached hydrogens (tertiary/aromatic N) is 4. The maximum Gasteiger partial charge on any atom is 0.280 e. The van der Waals surface area contributed by atoms with Crippen LogP contribution in [-0.4, -0.2) is 35.4 Å². The summed E-state index contributed by atoms with van der Waals surface area (Å²) in [7, 11) is -2.94. The fourth-order valence-corrected chi connectivity index (χ4v) is 4.15. The number of ether oxygens (including phenoxy) is 1. The predicted octanol–water partition coefficient (Wildman–Crippen LogP) is 3.65. The van der Waals surface area contributed by atoms with Gasteiger partial charge in [0.2, 0.25) is 15.9 Å². The van der Waals surface area contributed by atoms with Crippen LogP contribution in [0.2, 0.25) is 5.15 Å². The molecule has 33 heavy (non-hydrogen) atoms. The van der Waals surface area contributed by atoms with Gasteiger partial charge in [0.25, 0.3) is 5.69 Å². The monoisotopic (exact) mass is 486 g/mol. The number of hydrogen-bond donors (Lipinski definition) is 2. The third-order valence-electron chi connectivity index (χ3n) is 4.56. The Balaban J connectivity index is 2.05. The molecule has 0 aliphatic rings. The molecular formula is C20H15ClN6O5S. The van der Waals surface area contributed by atoms with Crippen molar-refractivity contribution in [2.24, 2.45) is 5.14 Å². The molecule has 0 bridgehead atoms. The standard InChI is InChI=1S/C20H15ClN6O5S/c1-32-17-10-11(9-16(21)26-17)23-20-19(24-12-5-2-3-6-13(12)25-20)18-14(27(28)29)7-4-8-15(18)33(22,30)31/h2-10H,1H3,(H2,22,30,31)(H,23,25,26). The van der Waals surface area contributed by atoms with Crippen LogP contribution in [-0.2, 0) is 10.0 Å². The van der Waals surface area contributed by atoms with Crippen LogP contribution in [0.4, 0.5) is 17.2 Å². The second kappa shape index (κ2) is 8.58. The van der Waals surface area contributed by atoms with E-state index in [-0.39, 0.29) is 28.1 Å². The molecule has 13 heteroatoms. The van der Waals surface area contributed by atoms with Gasteiger partial charge in [-0.15, -0.1) is 0 Å². The van der Waals surface area contributed by atoms with Gasteiger partial charge in [0.1, 0.15) is 16.4 Å². The van der Waals surface area contributed by atoms with Gasteiger partial charge in [-0.1, -0.05) is 29.8 Å². The largest absolute Gasteiger partial charge is 0.481 e. The van der Waals surface area contributed by atoms with Gasteiger partial charge < -0.3 is 10.1 Å².